The molecule has 0 unspecified atom stereocenters. The van der Waals surface area contributed by atoms with E-state index in [4.69, 9.17) is 0 Å². The van der Waals surface area contributed by atoms with Crippen LogP contribution < -0.4 is 5.32 Å². The topological polar surface area (TPSA) is 42.0 Å². The number of hydrogen-bond donors (Lipinski definition) is 1. The summed E-state index contributed by atoms with van der Waals surface area (Å²) in [5.41, 5.74) is 2.72. The Bertz CT molecular complexity index is 506. The van der Waals surface area contributed by atoms with Crippen LogP contribution in [0.4, 0.5) is 5.69 Å². The molecule has 1 aromatic heterocycles. The van der Waals surface area contributed by atoms with Crippen LogP contribution in [0, 0.1) is 0 Å². The lowest BCUT2D eigenvalue weighted by atomic mass is 10.1. The molecule has 0 spiro atoms. The number of anilines is 1. The number of aromatic nitrogens is 1. The fourth-order valence-corrected chi connectivity index (χ4v) is 1.70. The summed E-state index contributed by atoms with van der Waals surface area (Å²) in [4.78, 5) is 15.8. The third kappa shape index (κ3) is 3.17. The SMILES string of the molecule is CCCC(=O)Nc1ccc(-c2ccccc2)nc1. The largest absolute Gasteiger partial charge is 0.325 e. The minimum absolute atomic E-state index is 0.0340. The molecule has 0 aliphatic heterocycles. The van der Waals surface area contributed by atoms with Crippen molar-refractivity contribution >= 4 is 11.6 Å². The van der Waals surface area contributed by atoms with Crippen LogP contribution in [-0.2, 0) is 4.79 Å². The van der Waals surface area contributed by atoms with E-state index in [2.05, 4.69) is 10.3 Å². The summed E-state index contributed by atoms with van der Waals surface area (Å²) in [5.74, 6) is 0.0340. The Morgan fingerprint density at radius 1 is 1.17 bits per heavy atom. The van der Waals surface area contributed by atoms with Crippen LogP contribution in [0.5, 0.6) is 0 Å². The first kappa shape index (κ1) is 12.3. The van der Waals surface area contributed by atoms with E-state index in [1.54, 1.807) is 6.20 Å². The maximum absolute atomic E-state index is 11.4. The summed E-state index contributed by atoms with van der Waals surface area (Å²) in [6.45, 7) is 1.98. The van der Waals surface area contributed by atoms with Gasteiger partial charge in [-0.3, -0.25) is 9.78 Å². The van der Waals surface area contributed by atoms with Crippen molar-refractivity contribution in [1.29, 1.82) is 0 Å². The summed E-state index contributed by atoms with van der Waals surface area (Å²) in [5, 5.41) is 2.82. The standard InChI is InChI=1S/C15H16N2O/c1-2-6-15(18)17-13-9-10-14(16-11-13)12-7-4-3-5-8-12/h3-5,7-11H,2,6H2,1H3,(H,17,18). The van der Waals surface area contributed by atoms with E-state index in [9.17, 15) is 4.79 Å². The monoisotopic (exact) mass is 240 g/mol. The number of rotatable bonds is 4. The average molecular weight is 240 g/mol. The molecule has 3 heteroatoms. The highest BCUT2D eigenvalue weighted by Crippen LogP contribution is 2.17. The van der Waals surface area contributed by atoms with Crippen molar-refractivity contribution in [2.75, 3.05) is 5.32 Å². The zero-order valence-corrected chi connectivity index (χ0v) is 10.4. The van der Waals surface area contributed by atoms with Gasteiger partial charge in [0.05, 0.1) is 17.6 Å². The zero-order valence-electron chi connectivity index (χ0n) is 10.4. The smallest absolute Gasteiger partial charge is 0.224 e. The van der Waals surface area contributed by atoms with Crippen molar-refractivity contribution < 1.29 is 4.79 Å². The molecule has 0 aliphatic carbocycles. The third-order valence-corrected chi connectivity index (χ3v) is 2.59. The van der Waals surface area contributed by atoms with Gasteiger partial charge in [-0.1, -0.05) is 37.3 Å². The number of hydrogen-bond acceptors (Lipinski definition) is 2. The molecule has 3 nitrogen and oxygen atoms in total. The van der Waals surface area contributed by atoms with Gasteiger partial charge in [-0.25, -0.2) is 0 Å². The number of benzene rings is 1. The number of nitrogens with zero attached hydrogens (tertiary/aromatic N) is 1. The normalized spacial score (nSPS) is 10.1. The number of carbonyl (C=O) groups is 1. The highest BCUT2D eigenvalue weighted by Gasteiger charge is 2.02. The van der Waals surface area contributed by atoms with E-state index < -0.39 is 0 Å². The highest BCUT2D eigenvalue weighted by atomic mass is 16.1. The predicted octanol–water partition coefficient (Wildman–Crippen LogP) is 3.49. The quantitative estimate of drug-likeness (QED) is 0.888. The van der Waals surface area contributed by atoms with Gasteiger partial charge in [-0.15, -0.1) is 0 Å². The summed E-state index contributed by atoms with van der Waals surface area (Å²) in [6, 6.07) is 13.7. The predicted molar refractivity (Wildman–Crippen MR) is 73.2 cm³/mol. The van der Waals surface area contributed by atoms with E-state index in [1.165, 1.54) is 0 Å². The lowest BCUT2D eigenvalue weighted by Gasteiger charge is -2.05. The molecular weight excluding hydrogens is 224 g/mol. The van der Waals surface area contributed by atoms with Crippen LogP contribution in [0.3, 0.4) is 0 Å². The Hall–Kier alpha value is -2.16. The van der Waals surface area contributed by atoms with Gasteiger partial charge in [0.25, 0.3) is 0 Å². The molecule has 0 fully saturated rings. The Kier molecular flexibility index (Phi) is 4.07. The van der Waals surface area contributed by atoms with Gasteiger partial charge in [-0.05, 0) is 18.6 Å². The van der Waals surface area contributed by atoms with Gasteiger partial charge in [0, 0.05) is 12.0 Å². The van der Waals surface area contributed by atoms with E-state index in [1.807, 2.05) is 49.4 Å². The van der Waals surface area contributed by atoms with Crippen molar-refractivity contribution in [3.8, 4) is 11.3 Å². The second kappa shape index (κ2) is 5.96. The lowest BCUT2D eigenvalue weighted by Crippen LogP contribution is -2.10. The van der Waals surface area contributed by atoms with Gasteiger partial charge >= 0.3 is 0 Å². The van der Waals surface area contributed by atoms with Gasteiger partial charge in [0.2, 0.25) is 5.91 Å². The highest BCUT2D eigenvalue weighted by molar-refractivity contribution is 5.90. The van der Waals surface area contributed by atoms with Crippen LogP contribution in [-0.4, -0.2) is 10.9 Å². The summed E-state index contributed by atoms with van der Waals surface area (Å²) < 4.78 is 0. The van der Waals surface area contributed by atoms with Crippen molar-refractivity contribution in [2.45, 2.75) is 19.8 Å². The van der Waals surface area contributed by atoms with Crippen LogP contribution in [0.15, 0.2) is 48.7 Å². The van der Waals surface area contributed by atoms with Crippen molar-refractivity contribution in [3.05, 3.63) is 48.7 Å². The zero-order chi connectivity index (χ0) is 12.8. The van der Waals surface area contributed by atoms with Crippen molar-refractivity contribution in [2.24, 2.45) is 0 Å². The molecule has 92 valence electrons. The number of nitrogens with one attached hydrogen (secondary N) is 1. The first-order valence-electron chi connectivity index (χ1n) is 6.11. The molecule has 0 saturated heterocycles. The molecule has 0 radical (unpaired) electrons. The molecule has 0 atom stereocenters. The van der Waals surface area contributed by atoms with Crippen LogP contribution in [0.1, 0.15) is 19.8 Å². The van der Waals surface area contributed by atoms with E-state index in [-0.39, 0.29) is 5.91 Å². The van der Waals surface area contributed by atoms with Gasteiger partial charge in [0.15, 0.2) is 0 Å². The van der Waals surface area contributed by atoms with Gasteiger partial charge < -0.3 is 5.32 Å². The summed E-state index contributed by atoms with van der Waals surface area (Å²) in [7, 11) is 0. The van der Waals surface area contributed by atoms with Gasteiger partial charge in [-0.2, -0.15) is 0 Å². The lowest BCUT2D eigenvalue weighted by molar-refractivity contribution is -0.116. The molecular formula is C15H16N2O. The molecule has 0 saturated carbocycles. The second-order valence-electron chi connectivity index (χ2n) is 4.10. The maximum Gasteiger partial charge on any atom is 0.224 e. The molecule has 1 heterocycles. The maximum atomic E-state index is 11.4. The first-order chi connectivity index (χ1) is 8.79. The molecule has 1 aromatic carbocycles. The Balaban J connectivity index is 2.09. The van der Waals surface area contributed by atoms with Crippen LogP contribution >= 0.6 is 0 Å². The average Bonchev–Trinajstić information content (AvgIpc) is 2.41. The van der Waals surface area contributed by atoms with E-state index in [0.717, 1.165) is 23.4 Å². The number of amides is 1. The Morgan fingerprint density at radius 2 is 1.94 bits per heavy atom. The van der Waals surface area contributed by atoms with Gasteiger partial charge in [0.1, 0.15) is 0 Å². The molecule has 18 heavy (non-hydrogen) atoms. The summed E-state index contributed by atoms with van der Waals surface area (Å²) >= 11 is 0. The van der Waals surface area contributed by atoms with E-state index in [0.29, 0.717) is 6.42 Å². The Labute approximate surface area is 107 Å². The molecule has 2 aromatic rings. The minimum Gasteiger partial charge on any atom is -0.325 e. The minimum atomic E-state index is 0.0340. The molecule has 1 N–H and O–H groups in total. The molecule has 2 rings (SSSR count). The van der Waals surface area contributed by atoms with Crippen LogP contribution in [0.25, 0.3) is 11.3 Å². The number of pyridine rings is 1. The molecule has 0 bridgehead atoms. The van der Waals surface area contributed by atoms with Crippen molar-refractivity contribution in [1.82, 2.24) is 4.98 Å². The molecule has 1 amide bonds. The van der Waals surface area contributed by atoms with Crippen LogP contribution in [0.2, 0.25) is 0 Å². The third-order valence-electron chi connectivity index (χ3n) is 2.59. The summed E-state index contributed by atoms with van der Waals surface area (Å²) in [6.07, 6.45) is 3.08. The number of carbonyl (C=O) groups excluding carboxylic acids is 1. The Morgan fingerprint density at radius 3 is 2.56 bits per heavy atom. The fraction of sp³-hybridized carbons (Fsp3) is 0.200. The molecule has 0 aliphatic rings. The van der Waals surface area contributed by atoms with Crippen molar-refractivity contribution in [3.63, 3.8) is 0 Å². The van der Waals surface area contributed by atoms with E-state index >= 15 is 0 Å². The second-order valence-corrected chi connectivity index (χ2v) is 4.10. The first-order valence-corrected chi connectivity index (χ1v) is 6.11. The fourth-order valence-electron chi connectivity index (χ4n) is 1.70.